The first-order valence-electron chi connectivity index (χ1n) is 9.27. The first-order chi connectivity index (χ1) is 13.3. The van der Waals surface area contributed by atoms with Gasteiger partial charge in [-0.1, -0.05) is 12.1 Å². The fraction of sp³-hybridized carbons (Fsp3) is 0.333. The third-order valence-electron chi connectivity index (χ3n) is 4.78. The lowest BCUT2D eigenvalue weighted by molar-refractivity contribution is -0.115. The molecule has 0 spiro atoms. The van der Waals surface area contributed by atoms with Crippen LogP contribution in [0.1, 0.15) is 47.1 Å². The van der Waals surface area contributed by atoms with E-state index in [1.807, 2.05) is 50.6 Å². The number of aromatic nitrogens is 3. The van der Waals surface area contributed by atoms with Gasteiger partial charge in [0.25, 0.3) is 5.91 Å². The van der Waals surface area contributed by atoms with Crippen molar-refractivity contribution in [3.05, 3.63) is 52.8 Å². The maximum Gasteiger partial charge on any atom is 0.253 e. The van der Waals surface area contributed by atoms with Crippen molar-refractivity contribution in [1.29, 1.82) is 0 Å². The van der Waals surface area contributed by atoms with E-state index in [-0.39, 0.29) is 24.4 Å². The van der Waals surface area contributed by atoms with Crippen molar-refractivity contribution in [1.82, 2.24) is 20.1 Å². The molecule has 0 fully saturated rings. The molecule has 0 radical (unpaired) electrons. The molecule has 2 N–H and O–H groups in total. The molecule has 0 aliphatic heterocycles. The summed E-state index contributed by atoms with van der Waals surface area (Å²) in [7, 11) is 0. The van der Waals surface area contributed by atoms with Gasteiger partial charge in [0, 0.05) is 17.1 Å². The van der Waals surface area contributed by atoms with Gasteiger partial charge in [-0.25, -0.2) is 9.67 Å². The summed E-state index contributed by atoms with van der Waals surface area (Å²) in [6, 6.07) is 7.66. The number of benzene rings is 1. The van der Waals surface area contributed by atoms with Crippen molar-refractivity contribution in [2.24, 2.45) is 0 Å². The third-order valence-corrected chi connectivity index (χ3v) is 4.78. The summed E-state index contributed by atoms with van der Waals surface area (Å²) >= 11 is 0. The highest BCUT2D eigenvalue weighted by molar-refractivity contribution is 6.01. The number of nitrogens with one attached hydrogen (secondary N) is 2. The minimum absolute atomic E-state index is 0.116. The maximum atomic E-state index is 12.6. The number of hydrogen-bond acceptors (Lipinski definition) is 4. The Morgan fingerprint density at radius 1 is 1.18 bits per heavy atom. The van der Waals surface area contributed by atoms with E-state index in [9.17, 15) is 9.59 Å². The topological polar surface area (TPSA) is 88.9 Å². The number of amides is 2. The minimum atomic E-state index is -0.333. The first-order valence-corrected chi connectivity index (χ1v) is 9.27. The van der Waals surface area contributed by atoms with Crippen LogP contribution in [0.15, 0.2) is 30.5 Å². The van der Waals surface area contributed by atoms with Crippen molar-refractivity contribution < 1.29 is 9.59 Å². The van der Waals surface area contributed by atoms with Gasteiger partial charge < -0.3 is 10.6 Å². The van der Waals surface area contributed by atoms with Crippen LogP contribution in [0.5, 0.6) is 0 Å². The molecule has 146 valence electrons. The molecule has 0 saturated heterocycles. The zero-order valence-electron chi connectivity index (χ0n) is 16.8. The Hall–Kier alpha value is -3.22. The van der Waals surface area contributed by atoms with Crippen LogP contribution in [0.25, 0.3) is 11.0 Å². The van der Waals surface area contributed by atoms with Crippen LogP contribution in [0, 0.1) is 20.8 Å². The molecule has 7 nitrogen and oxygen atoms in total. The van der Waals surface area contributed by atoms with Crippen molar-refractivity contribution in [3.63, 3.8) is 0 Å². The summed E-state index contributed by atoms with van der Waals surface area (Å²) in [6.45, 7) is 9.65. The lowest BCUT2D eigenvalue weighted by Crippen LogP contribution is -2.33. The quantitative estimate of drug-likeness (QED) is 0.712. The highest BCUT2D eigenvalue weighted by atomic mass is 16.2. The predicted molar refractivity (Wildman–Crippen MR) is 110 cm³/mol. The molecule has 3 aromatic rings. The largest absolute Gasteiger partial charge is 0.343 e. The van der Waals surface area contributed by atoms with E-state index in [1.54, 1.807) is 19.2 Å². The predicted octanol–water partition coefficient (Wildman–Crippen LogP) is 3.31. The number of fused-ring (bicyclic) bond motifs is 1. The second-order valence-electron chi connectivity index (χ2n) is 7.20. The van der Waals surface area contributed by atoms with Crippen molar-refractivity contribution in [2.75, 3.05) is 11.9 Å². The molecule has 0 aliphatic carbocycles. The average Bonchev–Trinajstić information content (AvgIpc) is 3.05. The van der Waals surface area contributed by atoms with E-state index in [0.29, 0.717) is 11.3 Å². The van der Waals surface area contributed by atoms with E-state index >= 15 is 0 Å². The summed E-state index contributed by atoms with van der Waals surface area (Å²) in [4.78, 5) is 29.3. The summed E-state index contributed by atoms with van der Waals surface area (Å²) < 4.78 is 1.82. The van der Waals surface area contributed by atoms with E-state index < -0.39 is 0 Å². The molecule has 1 aromatic carbocycles. The molecule has 2 amide bonds. The number of hydrogen-bond donors (Lipinski definition) is 2. The van der Waals surface area contributed by atoms with Crippen molar-refractivity contribution >= 4 is 28.5 Å². The van der Waals surface area contributed by atoms with Crippen LogP contribution >= 0.6 is 0 Å². The third kappa shape index (κ3) is 3.88. The Morgan fingerprint density at radius 2 is 1.93 bits per heavy atom. The number of carbonyl (C=O) groups excluding carboxylic acids is 2. The van der Waals surface area contributed by atoms with Crippen LogP contribution in [0.2, 0.25) is 0 Å². The average molecular weight is 379 g/mol. The van der Waals surface area contributed by atoms with Gasteiger partial charge in [0.2, 0.25) is 5.91 Å². The fourth-order valence-corrected chi connectivity index (χ4v) is 3.01. The van der Waals surface area contributed by atoms with Gasteiger partial charge in [0.15, 0.2) is 5.65 Å². The minimum Gasteiger partial charge on any atom is -0.343 e. The Morgan fingerprint density at radius 3 is 2.64 bits per heavy atom. The van der Waals surface area contributed by atoms with Crippen LogP contribution in [0.4, 0.5) is 5.69 Å². The van der Waals surface area contributed by atoms with E-state index in [2.05, 4.69) is 20.7 Å². The molecule has 3 rings (SSSR count). The second kappa shape index (κ2) is 7.80. The summed E-state index contributed by atoms with van der Waals surface area (Å²) in [6.07, 6.45) is 1.70. The number of anilines is 1. The molecule has 0 aliphatic rings. The SMILES string of the molecule is Cc1cccc(NC(=O)CNC(=O)c2cc3cnn(C(C)C)c3nc2C)c1C. The Kier molecular flexibility index (Phi) is 5.44. The van der Waals surface area contributed by atoms with Crippen LogP contribution in [0.3, 0.4) is 0 Å². The molecule has 0 unspecified atom stereocenters. The molecule has 2 aromatic heterocycles. The smallest absolute Gasteiger partial charge is 0.253 e. The normalized spacial score (nSPS) is 11.1. The van der Waals surface area contributed by atoms with Gasteiger partial charge in [-0.2, -0.15) is 5.10 Å². The zero-order valence-corrected chi connectivity index (χ0v) is 16.8. The Labute approximate surface area is 164 Å². The molecule has 0 saturated carbocycles. The number of pyridine rings is 1. The highest BCUT2D eigenvalue weighted by Gasteiger charge is 2.16. The Bertz CT molecular complexity index is 1050. The fourth-order valence-electron chi connectivity index (χ4n) is 3.01. The van der Waals surface area contributed by atoms with Gasteiger partial charge >= 0.3 is 0 Å². The second-order valence-corrected chi connectivity index (χ2v) is 7.20. The van der Waals surface area contributed by atoms with Crippen molar-refractivity contribution in [3.8, 4) is 0 Å². The highest BCUT2D eigenvalue weighted by Crippen LogP contribution is 2.20. The Balaban J connectivity index is 1.70. The van der Waals surface area contributed by atoms with Crippen LogP contribution in [-0.2, 0) is 4.79 Å². The number of aryl methyl sites for hydroxylation is 2. The van der Waals surface area contributed by atoms with Gasteiger partial charge in [0.1, 0.15) is 0 Å². The lowest BCUT2D eigenvalue weighted by atomic mass is 10.1. The zero-order chi connectivity index (χ0) is 20.4. The summed E-state index contributed by atoms with van der Waals surface area (Å²) in [5.41, 5.74) is 4.64. The molecule has 7 heteroatoms. The monoisotopic (exact) mass is 379 g/mol. The van der Waals surface area contributed by atoms with Gasteiger partial charge in [-0.3, -0.25) is 9.59 Å². The van der Waals surface area contributed by atoms with Gasteiger partial charge in [-0.05, 0) is 57.9 Å². The van der Waals surface area contributed by atoms with Crippen LogP contribution < -0.4 is 10.6 Å². The molecular weight excluding hydrogens is 354 g/mol. The molecule has 0 atom stereocenters. The molecule has 0 bridgehead atoms. The van der Waals surface area contributed by atoms with Crippen LogP contribution in [-0.4, -0.2) is 33.1 Å². The molecule has 28 heavy (non-hydrogen) atoms. The number of rotatable bonds is 5. The molecular formula is C21H25N5O2. The number of nitrogens with zero attached hydrogens (tertiary/aromatic N) is 3. The number of carbonyl (C=O) groups is 2. The van der Waals surface area contributed by atoms with E-state index in [1.165, 1.54) is 0 Å². The molecule has 2 heterocycles. The lowest BCUT2D eigenvalue weighted by Gasteiger charge is -2.12. The van der Waals surface area contributed by atoms with E-state index in [0.717, 1.165) is 27.8 Å². The standard InChI is InChI=1S/C21H25N5O2/c1-12(2)26-20-16(10-23-26)9-17(15(5)24-20)21(28)22-11-19(27)25-18-8-6-7-13(3)14(18)4/h6-10,12H,11H2,1-5H3,(H,22,28)(H,25,27). The summed E-state index contributed by atoms with van der Waals surface area (Å²) in [5.74, 6) is -0.610. The first kappa shape index (κ1) is 19.5. The van der Waals surface area contributed by atoms with E-state index in [4.69, 9.17) is 0 Å². The van der Waals surface area contributed by atoms with Gasteiger partial charge in [0.05, 0.1) is 24.0 Å². The van der Waals surface area contributed by atoms with Crippen molar-refractivity contribution in [2.45, 2.75) is 40.7 Å². The summed E-state index contributed by atoms with van der Waals surface area (Å²) in [5, 5.41) is 10.6. The maximum absolute atomic E-state index is 12.6. The van der Waals surface area contributed by atoms with Gasteiger partial charge in [-0.15, -0.1) is 0 Å².